The van der Waals surface area contributed by atoms with Crippen LogP contribution in [0.25, 0.3) is 0 Å². The van der Waals surface area contributed by atoms with Crippen LogP contribution in [0.2, 0.25) is 0 Å². The number of rotatable bonds is 7. The van der Waals surface area contributed by atoms with Crippen LogP contribution in [0.4, 0.5) is 0 Å². The lowest BCUT2D eigenvalue weighted by Crippen LogP contribution is -2.39. The van der Waals surface area contributed by atoms with Gasteiger partial charge in [0.15, 0.2) is 5.25 Å². The number of benzene rings is 1. The lowest BCUT2D eigenvalue weighted by Gasteiger charge is -2.20. The van der Waals surface area contributed by atoms with Gasteiger partial charge in [-0.15, -0.1) is 0 Å². The number of carbonyl (C=O) groups is 1. The molecule has 0 aliphatic heterocycles. The number of hydrogen-bond donors (Lipinski definition) is 2. The highest BCUT2D eigenvalue weighted by atomic mass is 32.2. The van der Waals surface area contributed by atoms with Crippen LogP contribution >= 0.6 is 0 Å². The summed E-state index contributed by atoms with van der Waals surface area (Å²) in [6.07, 6.45) is 1.42. The second-order valence-electron chi connectivity index (χ2n) is 4.40. The maximum Gasteiger partial charge on any atom is 0.323 e. The lowest BCUT2D eigenvalue weighted by atomic mass is 10.0. The Hall–Kier alpha value is -1.40. The van der Waals surface area contributed by atoms with Crippen LogP contribution in [-0.2, 0) is 14.8 Å². The van der Waals surface area contributed by atoms with Crippen molar-refractivity contribution in [3.8, 4) is 0 Å². The van der Waals surface area contributed by atoms with Gasteiger partial charge in [-0.05, 0) is 18.9 Å². The van der Waals surface area contributed by atoms with E-state index >= 15 is 0 Å². The van der Waals surface area contributed by atoms with E-state index in [0.29, 0.717) is 6.42 Å². The molecule has 2 N–H and O–H groups in total. The highest BCUT2D eigenvalue weighted by Crippen LogP contribution is 2.20. The summed E-state index contributed by atoms with van der Waals surface area (Å²) in [6.45, 7) is 3.11. The zero-order valence-corrected chi connectivity index (χ0v) is 11.9. The molecule has 2 atom stereocenters. The summed E-state index contributed by atoms with van der Waals surface area (Å²) in [5.41, 5.74) is 0.838. The standard InChI is InChI=1S/C13H19NO4S/c1-3-7-12(11-8-5-4-6-9-11)14-19(17,18)10(2)13(15)16/h4-6,8-10,12,14H,3,7H2,1-2H3,(H,15,16). The first-order valence-corrected chi connectivity index (χ1v) is 7.72. The van der Waals surface area contributed by atoms with E-state index in [1.807, 2.05) is 37.3 Å². The van der Waals surface area contributed by atoms with Crippen molar-refractivity contribution in [3.05, 3.63) is 35.9 Å². The largest absolute Gasteiger partial charge is 0.480 e. The Balaban J connectivity index is 2.94. The average Bonchev–Trinajstić information content (AvgIpc) is 2.38. The first-order chi connectivity index (χ1) is 8.88. The normalized spacial score (nSPS) is 14.8. The third-order valence-electron chi connectivity index (χ3n) is 2.90. The summed E-state index contributed by atoms with van der Waals surface area (Å²) < 4.78 is 26.4. The van der Waals surface area contributed by atoms with Crippen LogP contribution in [0.15, 0.2) is 30.3 Å². The van der Waals surface area contributed by atoms with Gasteiger partial charge in [0.05, 0.1) is 0 Å². The molecule has 6 heteroatoms. The Morgan fingerprint density at radius 2 is 1.89 bits per heavy atom. The minimum atomic E-state index is -3.88. The molecule has 0 spiro atoms. The first kappa shape index (κ1) is 15.7. The fourth-order valence-corrected chi connectivity index (χ4v) is 2.82. The third kappa shape index (κ3) is 4.33. The van der Waals surface area contributed by atoms with E-state index in [1.54, 1.807) is 0 Å². The first-order valence-electron chi connectivity index (χ1n) is 6.17. The molecule has 0 saturated heterocycles. The van der Waals surface area contributed by atoms with Crippen LogP contribution in [0.3, 0.4) is 0 Å². The smallest absolute Gasteiger partial charge is 0.323 e. The quantitative estimate of drug-likeness (QED) is 0.801. The van der Waals surface area contributed by atoms with Crippen molar-refractivity contribution >= 4 is 16.0 Å². The van der Waals surface area contributed by atoms with E-state index in [-0.39, 0.29) is 0 Å². The monoisotopic (exact) mass is 285 g/mol. The Bertz CT molecular complexity index is 513. The maximum absolute atomic E-state index is 11.9. The van der Waals surface area contributed by atoms with Gasteiger partial charge in [0, 0.05) is 6.04 Å². The lowest BCUT2D eigenvalue weighted by molar-refractivity contribution is -0.136. The summed E-state index contributed by atoms with van der Waals surface area (Å²) in [7, 11) is -3.88. The number of sulfonamides is 1. The zero-order valence-electron chi connectivity index (χ0n) is 11.0. The van der Waals surface area contributed by atoms with Crippen molar-refractivity contribution in [1.82, 2.24) is 4.72 Å². The molecule has 5 nitrogen and oxygen atoms in total. The number of aliphatic carboxylic acids is 1. The van der Waals surface area contributed by atoms with Crippen molar-refractivity contribution in [1.29, 1.82) is 0 Å². The molecule has 1 aromatic carbocycles. The molecule has 2 unspecified atom stereocenters. The average molecular weight is 285 g/mol. The fourth-order valence-electron chi connectivity index (χ4n) is 1.70. The van der Waals surface area contributed by atoms with Gasteiger partial charge in [-0.1, -0.05) is 43.7 Å². The molecule has 19 heavy (non-hydrogen) atoms. The Labute approximate surface area is 113 Å². The number of carboxylic acids is 1. The van der Waals surface area contributed by atoms with E-state index in [2.05, 4.69) is 4.72 Å². The van der Waals surface area contributed by atoms with E-state index in [4.69, 9.17) is 5.11 Å². The summed E-state index contributed by atoms with van der Waals surface area (Å²) in [4.78, 5) is 10.8. The molecule has 1 rings (SSSR count). The second kappa shape index (κ2) is 6.68. The molecule has 0 aliphatic carbocycles. The van der Waals surface area contributed by atoms with Gasteiger partial charge in [0.1, 0.15) is 0 Å². The summed E-state index contributed by atoms with van der Waals surface area (Å²) in [5, 5.41) is 7.35. The Morgan fingerprint density at radius 1 is 1.32 bits per heavy atom. The summed E-state index contributed by atoms with van der Waals surface area (Å²) in [6, 6.07) is 8.77. The van der Waals surface area contributed by atoms with Crippen molar-refractivity contribution in [2.45, 2.75) is 38.0 Å². The van der Waals surface area contributed by atoms with Crippen LogP contribution in [-0.4, -0.2) is 24.7 Å². The van der Waals surface area contributed by atoms with Crippen molar-refractivity contribution in [2.75, 3.05) is 0 Å². The van der Waals surface area contributed by atoms with Gasteiger partial charge >= 0.3 is 5.97 Å². The summed E-state index contributed by atoms with van der Waals surface area (Å²) >= 11 is 0. The van der Waals surface area contributed by atoms with E-state index in [1.165, 1.54) is 6.92 Å². The minimum Gasteiger partial charge on any atom is -0.480 e. The fraction of sp³-hybridized carbons (Fsp3) is 0.462. The van der Waals surface area contributed by atoms with Crippen LogP contribution in [0.5, 0.6) is 0 Å². The molecule has 106 valence electrons. The Morgan fingerprint density at radius 3 is 2.37 bits per heavy atom. The van der Waals surface area contributed by atoms with Crippen LogP contribution in [0.1, 0.15) is 38.3 Å². The molecule has 0 aromatic heterocycles. The maximum atomic E-state index is 11.9. The van der Waals surface area contributed by atoms with Crippen LogP contribution < -0.4 is 4.72 Å². The minimum absolute atomic E-state index is 0.391. The molecule has 0 bridgehead atoms. The molecule has 0 amide bonds. The molecule has 0 heterocycles. The van der Waals surface area contributed by atoms with Crippen molar-refractivity contribution < 1.29 is 18.3 Å². The number of nitrogens with one attached hydrogen (secondary N) is 1. The van der Waals surface area contributed by atoms with Gasteiger partial charge in [-0.2, -0.15) is 0 Å². The number of hydrogen-bond acceptors (Lipinski definition) is 3. The van der Waals surface area contributed by atoms with Gasteiger partial charge in [0.2, 0.25) is 10.0 Å². The van der Waals surface area contributed by atoms with Gasteiger partial charge in [0.25, 0.3) is 0 Å². The highest BCUT2D eigenvalue weighted by Gasteiger charge is 2.30. The molecular weight excluding hydrogens is 266 g/mol. The summed E-state index contributed by atoms with van der Waals surface area (Å²) in [5.74, 6) is -1.35. The van der Waals surface area contributed by atoms with Crippen molar-refractivity contribution in [3.63, 3.8) is 0 Å². The second-order valence-corrected chi connectivity index (χ2v) is 6.43. The van der Waals surface area contributed by atoms with E-state index in [0.717, 1.165) is 12.0 Å². The molecule has 0 fully saturated rings. The Kier molecular flexibility index (Phi) is 5.50. The zero-order chi connectivity index (χ0) is 14.5. The van der Waals surface area contributed by atoms with Gasteiger partial charge in [-0.25, -0.2) is 13.1 Å². The SMILES string of the molecule is CCCC(NS(=O)(=O)C(C)C(=O)O)c1ccccc1. The predicted molar refractivity (Wildman–Crippen MR) is 73.2 cm³/mol. The molecule has 1 aromatic rings. The van der Waals surface area contributed by atoms with E-state index in [9.17, 15) is 13.2 Å². The third-order valence-corrected chi connectivity index (χ3v) is 4.64. The molecule has 0 radical (unpaired) electrons. The van der Waals surface area contributed by atoms with Gasteiger partial charge in [-0.3, -0.25) is 4.79 Å². The topological polar surface area (TPSA) is 83.5 Å². The van der Waals surface area contributed by atoms with E-state index < -0.39 is 27.3 Å². The van der Waals surface area contributed by atoms with Crippen molar-refractivity contribution in [2.24, 2.45) is 0 Å². The highest BCUT2D eigenvalue weighted by molar-refractivity contribution is 7.90. The molecule has 0 saturated carbocycles. The molecular formula is C13H19NO4S. The predicted octanol–water partition coefficient (Wildman–Crippen LogP) is 1.92. The van der Waals surface area contributed by atoms with Gasteiger partial charge < -0.3 is 5.11 Å². The van der Waals surface area contributed by atoms with Crippen LogP contribution in [0, 0.1) is 0 Å². The number of carboxylic acid groups (broad SMARTS) is 1. The molecule has 0 aliphatic rings.